The summed E-state index contributed by atoms with van der Waals surface area (Å²) in [6.45, 7) is 8.63. The summed E-state index contributed by atoms with van der Waals surface area (Å²) in [6, 6.07) is 3.24. The summed E-state index contributed by atoms with van der Waals surface area (Å²) in [5.74, 6) is 1.81. The predicted octanol–water partition coefficient (Wildman–Crippen LogP) is 1.79. The highest BCUT2D eigenvalue weighted by atomic mass is 127. The van der Waals surface area contributed by atoms with Crippen LogP contribution >= 0.6 is 24.0 Å². The van der Waals surface area contributed by atoms with Gasteiger partial charge in [-0.05, 0) is 38.3 Å². The first kappa shape index (κ1) is 24.4. The quantitative estimate of drug-likeness (QED) is 0.236. The minimum Gasteiger partial charge on any atom is -0.356 e. The molecule has 2 aliphatic heterocycles. The molecule has 0 radical (unpaired) electrons. The van der Waals surface area contributed by atoms with Gasteiger partial charge in [0, 0.05) is 77.3 Å². The van der Waals surface area contributed by atoms with Gasteiger partial charge in [0.2, 0.25) is 5.95 Å². The highest BCUT2D eigenvalue weighted by Gasteiger charge is 2.30. The molecule has 0 aromatic carbocycles. The molecular formula is C22H39IN8. The molecule has 174 valence electrons. The molecule has 3 aliphatic rings. The van der Waals surface area contributed by atoms with E-state index < -0.39 is 0 Å². The molecule has 4 rings (SSSR count). The number of nitrogens with zero attached hydrogens (tertiary/aromatic N) is 6. The maximum Gasteiger partial charge on any atom is 0.225 e. The number of guanidine groups is 1. The normalized spacial score (nSPS) is 23.7. The summed E-state index contributed by atoms with van der Waals surface area (Å²) in [4.78, 5) is 20.7. The highest BCUT2D eigenvalue weighted by Crippen LogP contribution is 2.26. The van der Waals surface area contributed by atoms with E-state index in [2.05, 4.69) is 40.3 Å². The van der Waals surface area contributed by atoms with E-state index >= 15 is 0 Å². The van der Waals surface area contributed by atoms with Crippen LogP contribution in [-0.2, 0) is 0 Å². The van der Waals surface area contributed by atoms with Gasteiger partial charge >= 0.3 is 0 Å². The topological polar surface area (TPSA) is 71.9 Å². The predicted molar refractivity (Wildman–Crippen MR) is 137 cm³/mol. The second-order valence-corrected chi connectivity index (χ2v) is 8.79. The third kappa shape index (κ3) is 7.15. The summed E-state index contributed by atoms with van der Waals surface area (Å²) >= 11 is 0. The number of halogens is 1. The third-order valence-corrected chi connectivity index (χ3v) is 6.78. The van der Waals surface area contributed by atoms with Crippen LogP contribution in [0.1, 0.15) is 38.5 Å². The van der Waals surface area contributed by atoms with Crippen molar-refractivity contribution in [2.45, 2.75) is 50.6 Å². The molecule has 31 heavy (non-hydrogen) atoms. The molecule has 1 aromatic rings. The van der Waals surface area contributed by atoms with Crippen molar-refractivity contribution < 1.29 is 0 Å². The number of piperazine rings is 1. The molecule has 1 aromatic heterocycles. The second kappa shape index (κ2) is 12.7. The fourth-order valence-electron chi connectivity index (χ4n) is 5.03. The molecular weight excluding hydrogens is 503 g/mol. The van der Waals surface area contributed by atoms with Crippen molar-refractivity contribution in [2.75, 3.05) is 64.3 Å². The Hall–Kier alpha value is -1.20. The van der Waals surface area contributed by atoms with Gasteiger partial charge in [-0.25, -0.2) is 9.97 Å². The maximum absolute atomic E-state index is 4.44. The number of hydrogen-bond donors (Lipinski definition) is 2. The van der Waals surface area contributed by atoms with Crippen LogP contribution in [0.3, 0.4) is 0 Å². The van der Waals surface area contributed by atoms with Gasteiger partial charge in [0.1, 0.15) is 0 Å². The summed E-state index contributed by atoms with van der Waals surface area (Å²) in [5, 5.41) is 7.16. The van der Waals surface area contributed by atoms with Gasteiger partial charge < -0.3 is 15.5 Å². The molecule has 2 N–H and O–H groups in total. The van der Waals surface area contributed by atoms with Gasteiger partial charge in [0.15, 0.2) is 5.96 Å². The van der Waals surface area contributed by atoms with Crippen LogP contribution in [0, 0.1) is 0 Å². The lowest BCUT2D eigenvalue weighted by atomic mass is 10.2. The van der Waals surface area contributed by atoms with Crippen LogP contribution in [-0.4, -0.2) is 97.2 Å². The Morgan fingerprint density at radius 3 is 2.52 bits per heavy atom. The molecule has 0 bridgehead atoms. The number of hydrogen-bond acceptors (Lipinski definition) is 6. The van der Waals surface area contributed by atoms with Gasteiger partial charge in [0.05, 0.1) is 0 Å². The largest absolute Gasteiger partial charge is 0.356 e. The zero-order valence-corrected chi connectivity index (χ0v) is 21.2. The Labute approximate surface area is 204 Å². The minimum atomic E-state index is 0. The van der Waals surface area contributed by atoms with Crippen LogP contribution in [0.2, 0.25) is 0 Å². The molecule has 9 heteroatoms. The second-order valence-electron chi connectivity index (χ2n) is 8.79. The summed E-state index contributed by atoms with van der Waals surface area (Å²) in [7, 11) is 1.88. The average molecular weight is 543 g/mol. The first-order valence-electron chi connectivity index (χ1n) is 11.8. The standard InChI is InChI=1S/C22H38N8.HI/c1-23-21(27-19-8-13-30(18-19)20-6-2-3-7-20)24-11-5-12-28-14-16-29(17-15-28)22-25-9-4-10-26-22;/h4,9-10,19-20H,2-3,5-8,11-18H2,1H3,(H2,23,24,27);1H. The van der Waals surface area contributed by atoms with Gasteiger partial charge in [-0.3, -0.25) is 14.8 Å². The number of nitrogens with one attached hydrogen (secondary N) is 2. The van der Waals surface area contributed by atoms with E-state index in [1.807, 2.05) is 25.5 Å². The molecule has 1 saturated carbocycles. The van der Waals surface area contributed by atoms with E-state index in [1.54, 1.807) is 0 Å². The maximum atomic E-state index is 4.44. The zero-order chi connectivity index (χ0) is 20.6. The SMILES string of the molecule is CN=C(NCCCN1CCN(c2ncccn2)CC1)NC1CCN(C2CCCC2)C1.I. The van der Waals surface area contributed by atoms with Gasteiger partial charge in [-0.2, -0.15) is 0 Å². The van der Waals surface area contributed by atoms with Crippen LogP contribution in [0.15, 0.2) is 23.5 Å². The fraction of sp³-hybridized carbons (Fsp3) is 0.773. The number of anilines is 1. The number of likely N-dealkylation sites (tertiary alicyclic amines) is 1. The summed E-state index contributed by atoms with van der Waals surface area (Å²) in [6.07, 6.45) is 11.6. The molecule has 3 heterocycles. The lowest BCUT2D eigenvalue weighted by molar-refractivity contribution is 0.242. The number of rotatable bonds is 7. The Balaban J connectivity index is 0.00000272. The van der Waals surface area contributed by atoms with E-state index in [-0.39, 0.29) is 24.0 Å². The van der Waals surface area contributed by atoms with E-state index in [1.165, 1.54) is 45.2 Å². The first-order valence-corrected chi connectivity index (χ1v) is 11.8. The van der Waals surface area contributed by atoms with Crippen molar-refractivity contribution in [3.63, 3.8) is 0 Å². The van der Waals surface area contributed by atoms with Crippen LogP contribution in [0.25, 0.3) is 0 Å². The fourth-order valence-corrected chi connectivity index (χ4v) is 5.03. The van der Waals surface area contributed by atoms with Crippen LogP contribution < -0.4 is 15.5 Å². The zero-order valence-electron chi connectivity index (χ0n) is 18.9. The van der Waals surface area contributed by atoms with Crippen molar-refractivity contribution in [2.24, 2.45) is 4.99 Å². The molecule has 1 atom stereocenters. The average Bonchev–Trinajstić information content (AvgIpc) is 3.49. The molecule has 0 amide bonds. The van der Waals surface area contributed by atoms with E-state index in [0.29, 0.717) is 6.04 Å². The van der Waals surface area contributed by atoms with Crippen LogP contribution in [0.4, 0.5) is 5.95 Å². The molecule has 1 unspecified atom stereocenters. The highest BCUT2D eigenvalue weighted by molar-refractivity contribution is 14.0. The number of aromatic nitrogens is 2. The van der Waals surface area contributed by atoms with Gasteiger partial charge in [0.25, 0.3) is 0 Å². The molecule has 0 spiro atoms. The first-order chi connectivity index (χ1) is 14.8. The smallest absolute Gasteiger partial charge is 0.225 e. The Kier molecular flexibility index (Phi) is 10.0. The minimum absolute atomic E-state index is 0. The monoisotopic (exact) mass is 542 g/mol. The van der Waals surface area contributed by atoms with Gasteiger partial charge in [-0.15, -0.1) is 24.0 Å². The van der Waals surface area contributed by atoms with Gasteiger partial charge in [-0.1, -0.05) is 12.8 Å². The lowest BCUT2D eigenvalue weighted by Gasteiger charge is -2.34. The Morgan fingerprint density at radius 1 is 1.06 bits per heavy atom. The van der Waals surface area contributed by atoms with E-state index in [0.717, 1.165) is 63.6 Å². The number of aliphatic imine (C=N–C) groups is 1. The van der Waals surface area contributed by atoms with Crippen molar-refractivity contribution in [1.82, 2.24) is 30.4 Å². The van der Waals surface area contributed by atoms with Crippen LogP contribution in [0.5, 0.6) is 0 Å². The molecule has 3 fully saturated rings. The molecule has 1 aliphatic carbocycles. The third-order valence-electron chi connectivity index (χ3n) is 6.78. The van der Waals surface area contributed by atoms with Crippen molar-refractivity contribution >= 4 is 35.9 Å². The molecule has 2 saturated heterocycles. The van der Waals surface area contributed by atoms with Crippen molar-refractivity contribution in [3.8, 4) is 0 Å². The Morgan fingerprint density at radius 2 is 1.81 bits per heavy atom. The van der Waals surface area contributed by atoms with E-state index in [4.69, 9.17) is 0 Å². The lowest BCUT2D eigenvalue weighted by Crippen LogP contribution is -2.48. The van der Waals surface area contributed by atoms with Crippen molar-refractivity contribution in [3.05, 3.63) is 18.5 Å². The molecule has 8 nitrogen and oxygen atoms in total. The summed E-state index contributed by atoms with van der Waals surface area (Å²) in [5.41, 5.74) is 0. The van der Waals surface area contributed by atoms with E-state index in [9.17, 15) is 0 Å². The summed E-state index contributed by atoms with van der Waals surface area (Å²) < 4.78 is 0. The Bertz CT molecular complexity index is 659. The van der Waals surface area contributed by atoms with Crippen molar-refractivity contribution in [1.29, 1.82) is 0 Å².